The molecule has 1 amide bonds. The van der Waals surface area contributed by atoms with Crippen molar-refractivity contribution in [3.8, 4) is 0 Å². The van der Waals surface area contributed by atoms with Crippen molar-refractivity contribution in [2.75, 3.05) is 27.2 Å². The van der Waals surface area contributed by atoms with Gasteiger partial charge in [-0.25, -0.2) is 0 Å². The zero-order valence-corrected chi connectivity index (χ0v) is 17.3. The molecule has 2 aromatic rings. The molecule has 1 unspecified atom stereocenters. The number of amides is 1. The number of nitrogens with zero attached hydrogens (tertiary/aromatic N) is 3. The lowest BCUT2D eigenvalue weighted by Gasteiger charge is -2.25. The number of pyridine rings is 1. The van der Waals surface area contributed by atoms with Crippen LogP contribution >= 0.6 is 0 Å². The van der Waals surface area contributed by atoms with Crippen molar-refractivity contribution in [2.45, 2.75) is 26.3 Å². The fourth-order valence-electron chi connectivity index (χ4n) is 3.69. The van der Waals surface area contributed by atoms with E-state index < -0.39 is 17.7 Å². The van der Waals surface area contributed by atoms with Crippen LogP contribution in [0.4, 0.5) is 0 Å². The molecule has 1 aliphatic rings. The van der Waals surface area contributed by atoms with Gasteiger partial charge in [0.05, 0.1) is 11.6 Å². The van der Waals surface area contributed by atoms with Crippen molar-refractivity contribution >= 4 is 17.4 Å². The summed E-state index contributed by atoms with van der Waals surface area (Å²) >= 11 is 0. The first-order chi connectivity index (χ1) is 13.8. The zero-order chi connectivity index (χ0) is 21.1. The minimum absolute atomic E-state index is 0.126. The van der Waals surface area contributed by atoms with Crippen molar-refractivity contribution in [1.82, 2.24) is 14.8 Å². The summed E-state index contributed by atoms with van der Waals surface area (Å²) in [6.07, 6.45) is 4.01. The third kappa shape index (κ3) is 4.22. The van der Waals surface area contributed by atoms with Gasteiger partial charge in [-0.2, -0.15) is 0 Å². The number of ketones is 1. The fourth-order valence-corrected chi connectivity index (χ4v) is 3.69. The van der Waals surface area contributed by atoms with E-state index in [1.165, 1.54) is 0 Å². The van der Waals surface area contributed by atoms with E-state index in [4.69, 9.17) is 0 Å². The van der Waals surface area contributed by atoms with E-state index in [1.807, 2.05) is 57.1 Å². The van der Waals surface area contributed by atoms with Crippen LogP contribution in [0.15, 0.2) is 48.3 Å². The quantitative estimate of drug-likeness (QED) is 0.464. The summed E-state index contributed by atoms with van der Waals surface area (Å²) in [7, 11) is 3.93. The predicted molar refractivity (Wildman–Crippen MR) is 112 cm³/mol. The van der Waals surface area contributed by atoms with Crippen LogP contribution < -0.4 is 0 Å². The average Bonchev–Trinajstić information content (AvgIpc) is 2.94. The lowest BCUT2D eigenvalue weighted by molar-refractivity contribution is -0.139. The van der Waals surface area contributed by atoms with Crippen molar-refractivity contribution in [3.63, 3.8) is 0 Å². The summed E-state index contributed by atoms with van der Waals surface area (Å²) in [6.45, 7) is 5.01. The number of carbonyl (C=O) groups is 2. The molecule has 0 bridgehead atoms. The third-order valence-corrected chi connectivity index (χ3v) is 5.19. The number of likely N-dealkylation sites (tertiary alicyclic amines) is 1. The maximum absolute atomic E-state index is 13.0. The van der Waals surface area contributed by atoms with E-state index >= 15 is 0 Å². The minimum Gasteiger partial charge on any atom is -0.507 e. The smallest absolute Gasteiger partial charge is 0.295 e. The van der Waals surface area contributed by atoms with Gasteiger partial charge in [0, 0.05) is 24.5 Å². The molecule has 1 fully saturated rings. The Hall–Kier alpha value is -2.99. The van der Waals surface area contributed by atoms with E-state index in [0.29, 0.717) is 17.7 Å². The molecule has 6 heteroatoms. The summed E-state index contributed by atoms with van der Waals surface area (Å²) in [5.74, 6) is -1.36. The van der Waals surface area contributed by atoms with Gasteiger partial charge >= 0.3 is 0 Å². The number of aliphatic hydroxyl groups excluding tert-OH is 1. The summed E-state index contributed by atoms with van der Waals surface area (Å²) in [6, 6.07) is 8.64. The molecule has 1 atom stereocenters. The fraction of sp³-hybridized carbons (Fsp3) is 0.348. The number of hydrogen-bond donors (Lipinski definition) is 1. The molecule has 2 heterocycles. The standard InChI is InChI=1S/C23H27N3O3/c1-15-8-9-16(2)18(13-15)21(27)19-20(17-7-5-10-24-14-17)26(23(29)22(19)28)12-6-11-25(3)4/h5,7-10,13-14,20,27H,6,11-12H2,1-4H3. The third-order valence-electron chi connectivity index (χ3n) is 5.19. The molecule has 3 rings (SSSR count). The Balaban J connectivity index is 2.12. The first kappa shape index (κ1) is 20.7. The second kappa shape index (κ2) is 8.57. The van der Waals surface area contributed by atoms with Gasteiger partial charge in [-0.15, -0.1) is 0 Å². The number of rotatable bonds is 6. The first-order valence-electron chi connectivity index (χ1n) is 9.72. The van der Waals surface area contributed by atoms with Crippen LogP contribution in [-0.4, -0.2) is 58.8 Å². The van der Waals surface area contributed by atoms with E-state index in [9.17, 15) is 14.7 Å². The molecule has 1 aromatic heterocycles. The van der Waals surface area contributed by atoms with E-state index in [2.05, 4.69) is 4.98 Å². The number of aryl methyl sites for hydroxylation is 2. The lowest BCUT2D eigenvalue weighted by Crippen LogP contribution is -2.32. The number of benzene rings is 1. The Morgan fingerprint density at radius 2 is 1.97 bits per heavy atom. The molecule has 0 radical (unpaired) electrons. The van der Waals surface area contributed by atoms with Crippen LogP contribution in [0.2, 0.25) is 0 Å². The van der Waals surface area contributed by atoms with Crippen molar-refractivity contribution in [1.29, 1.82) is 0 Å². The van der Waals surface area contributed by atoms with Gasteiger partial charge < -0.3 is 14.9 Å². The van der Waals surface area contributed by atoms with Gasteiger partial charge in [-0.3, -0.25) is 14.6 Å². The van der Waals surface area contributed by atoms with Crippen LogP contribution in [0, 0.1) is 13.8 Å². The molecular formula is C23H27N3O3. The second-order valence-corrected chi connectivity index (χ2v) is 7.75. The van der Waals surface area contributed by atoms with E-state index in [-0.39, 0.29) is 11.3 Å². The molecule has 152 valence electrons. The molecular weight excluding hydrogens is 366 g/mol. The molecule has 1 aliphatic heterocycles. The highest BCUT2D eigenvalue weighted by atomic mass is 16.3. The molecule has 1 saturated heterocycles. The van der Waals surface area contributed by atoms with Gasteiger partial charge in [0.2, 0.25) is 0 Å². The number of aromatic nitrogens is 1. The molecule has 6 nitrogen and oxygen atoms in total. The molecule has 0 aliphatic carbocycles. The number of Topliss-reactive ketones (excluding diaryl/α,β-unsaturated/α-hetero) is 1. The van der Waals surface area contributed by atoms with E-state index in [0.717, 1.165) is 24.1 Å². The molecule has 0 saturated carbocycles. The Morgan fingerprint density at radius 1 is 1.21 bits per heavy atom. The van der Waals surface area contributed by atoms with Crippen LogP contribution in [0.25, 0.3) is 5.76 Å². The lowest BCUT2D eigenvalue weighted by atomic mass is 9.94. The predicted octanol–water partition coefficient (Wildman–Crippen LogP) is 3.07. The Bertz CT molecular complexity index is 951. The van der Waals surface area contributed by atoms with Gasteiger partial charge in [-0.1, -0.05) is 23.8 Å². The number of carbonyl (C=O) groups excluding carboxylic acids is 2. The summed E-state index contributed by atoms with van der Waals surface area (Å²) in [5.41, 5.74) is 3.22. The summed E-state index contributed by atoms with van der Waals surface area (Å²) in [4.78, 5) is 33.6. The highest BCUT2D eigenvalue weighted by molar-refractivity contribution is 6.46. The minimum atomic E-state index is -0.651. The molecule has 0 spiro atoms. The maximum atomic E-state index is 13.0. The topological polar surface area (TPSA) is 73.7 Å². The monoisotopic (exact) mass is 393 g/mol. The average molecular weight is 393 g/mol. The van der Waals surface area contributed by atoms with E-state index in [1.54, 1.807) is 23.4 Å². The number of hydrogen-bond acceptors (Lipinski definition) is 5. The van der Waals surface area contributed by atoms with Gasteiger partial charge in [-0.05, 0) is 64.2 Å². The Morgan fingerprint density at radius 3 is 2.62 bits per heavy atom. The van der Waals surface area contributed by atoms with Crippen LogP contribution in [-0.2, 0) is 9.59 Å². The maximum Gasteiger partial charge on any atom is 0.295 e. The highest BCUT2D eigenvalue weighted by Crippen LogP contribution is 2.39. The highest BCUT2D eigenvalue weighted by Gasteiger charge is 2.46. The molecule has 29 heavy (non-hydrogen) atoms. The Labute approximate surface area is 171 Å². The molecule has 1 N–H and O–H groups in total. The van der Waals surface area contributed by atoms with Crippen molar-refractivity contribution in [2.24, 2.45) is 0 Å². The normalized spacial score (nSPS) is 18.7. The number of aliphatic hydroxyl groups is 1. The Kier molecular flexibility index (Phi) is 6.13. The second-order valence-electron chi connectivity index (χ2n) is 7.75. The van der Waals surface area contributed by atoms with Crippen LogP contribution in [0.5, 0.6) is 0 Å². The molecule has 1 aromatic carbocycles. The van der Waals surface area contributed by atoms with Crippen LogP contribution in [0.1, 0.15) is 34.7 Å². The van der Waals surface area contributed by atoms with Crippen molar-refractivity contribution in [3.05, 3.63) is 70.6 Å². The first-order valence-corrected chi connectivity index (χ1v) is 9.72. The van der Waals surface area contributed by atoms with Crippen LogP contribution in [0.3, 0.4) is 0 Å². The van der Waals surface area contributed by atoms with Gasteiger partial charge in [0.1, 0.15) is 5.76 Å². The van der Waals surface area contributed by atoms with Gasteiger partial charge in [0.25, 0.3) is 11.7 Å². The summed E-state index contributed by atoms with van der Waals surface area (Å²) < 4.78 is 0. The van der Waals surface area contributed by atoms with Gasteiger partial charge in [0.15, 0.2) is 0 Å². The largest absolute Gasteiger partial charge is 0.507 e. The zero-order valence-electron chi connectivity index (χ0n) is 17.3. The SMILES string of the molecule is Cc1ccc(C)c(C(O)=C2C(=O)C(=O)N(CCCN(C)C)C2c2cccnc2)c1. The van der Waals surface area contributed by atoms with Crippen molar-refractivity contribution < 1.29 is 14.7 Å². The summed E-state index contributed by atoms with van der Waals surface area (Å²) in [5, 5.41) is 11.1.